The van der Waals surface area contributed by atoms with Gasteiger partial charge in [0.1, 0.15) is 0 Å². The molecule has 2 amide bonds. The van der Waals surface area contributed by atoms with E-state index in [2.05, 4.69) is 48.1 Å². The predicted octanol–water partition coefficient (Wildman–Crippen LogP) is 5.42. The predicted molar refractivity (Wildman–Crippen MR) is 124 cm³/mol. The molecular weight excluding hydrogens is 386 g/mol. The molecule has 1 fully saturated rings. The van der Waals surface area contributed by atoms with Gasteiger partial charge in [-0.2, -0.15) is 0 Å². The van der Waals surface area contributed by atoms with Crippen LogP contribution in [-0.2, 0) is 16.1 Å². The molecular formula is C26H33N3O2. The van der Waals surface area contributed by atoms with Gasteiger partial charge in [-0.25, -0.2) is 0 Å². The van der Waals surface area contributed by atoms with Crippen molar-refractivity contribution in [2.45, 2.75) is 71.8 Å². The second kappa shape index (κ2) is 7.85. The highest BCUT2D eigenvalue weighted by Gasteiger charge is 2.43. The van der Waals surface area contributed by atoms with Crippen molar-refractivity contribution in [1.29, 1.82) is 0 Å². The van der Waals surface area contributed by atoms with Crippen molar-refractivity contribution >= 4 is 28.4 Å². The van der Waals surface area contributed by atoms with Gasteiger partial charge in [0.05, 0.1) is 12.1 Å². The van der Waals surface area contributed by atoms with Crippen molar-refractivity contribution in [3.05, 3.63) is 41.2 Å². The van der Waals surface area contributed by atoms with E-state index < -0.39 is 0 Å². The highest BCUT2D eigenvalue weighted by atomic mass is 16.2. The van der Waals surface area contributed by atoms with Crippen LogP contribution in [0.25, 0.3) is 10.9 Å². The summed E-state index contributed by atoms with van der Waals surface area (Å²) in [6.07, 6.45) is 9.46. The lowest BCUT2D eigenvalue weighted by atomic mass is 9.73. The lowest BCUT2D eigenvalue weighted by molar-refractivity contribution is -0.139. The number of aryl methyl sites for hydroxylation is 1. The molecule has 5 nitrogen and oxygen atoms in total. The largest absolute Gasteiger partial charge is 0.356 e. The number of nitrogens with zero attached hydrogens (tertiary/aromatic N) is 2. The van der Waals surface area contributed by atoms with Gasteiger partial charge < -0.3 is 9.88 Å². The van der Waals surface area contributed by atoms with Crippen molar-refractivity contribution in [2.24, 2.45) is 11.8 Å². The Morgan fingerprint density at radius 1 is 1.19 bits per heavy atom. The van der Waals surface area contributed by atoms with Crippen LogP contribution in [0.5, 0.6) is 0 Å². The summed E-state index contributed by atoms with van der Waals surface area (Å²) < 4.78 is 2.39. The van der Waals surface area contributed by atoms with E-state index in [1.54, 1.807) is 0 Å². The first kappa shape index (κ1) is 20.3. The summed E-state index contributed by atoms with van der Waals surface area (Å²) in [5.74, 6) is 0.883. The summed E-state index contributed by atoms with van der Waals surface area (Å²) in [5, 5.41) is 4.86. The van der Waals surface area contributed by atoms with E-state index in [-0.39, 0.29) is 17.7 Å². The summed E-state index contributed by atoms with van der Waals surface area (Å²) in [7, 11) is 0. The molecule has 0 radical (unpaired) electrons. The zero-order valence-corrected chi connectivity index (χ0v) is 18.9. The van der Waals surface area contributed by atoms with Gasteiger partial charge in [0.15, 0.2) is 0 Å². The maximum absolute atomic E-state index is 13.5. The van der Waals surface area contributed by atoms with Crippen LogP contribution >= 0.6 is 0 Å². The SMILES string of the molecule is CC(=O)N1CC2=C(C1=O)[C@@H](C1CCCCC1)c1cn(CCC(C)C)c3cccc(c13)N2. The van der Waals surface area contributed by atoms with Gasteiger partial charge in [0, 0.05) is 47.9 Å². The maximum Gasteiger partial charge on any atom is 0.259 e. The van der Waals surface area contributed by atoms with E-state index in [9.17, 15) is 9.59 Å². The second-order valence-corrected chi connectivity index (χ2v) is 9.96. The number of amides is 2. The number of imide groups is 1. The molecule has 5 heteroatoms. The normalized spacial score (nSPS) is 21.6. The number of hydrogen-bond acceptors (Lipinski definition) is 3. The van der Waals surface area contributed by atoms with E-state index in [0.717, 1.165) is 42.8 Å². The molecule has 164 valence electrons. The number of carbonyl (C=O) groups excluding carboxylic acids is 2. The van der Waals surface area contributed by atoms with Crippen LogP contribution < -0.4 is 5.32 Å². The number of rotatable bonds is 4. The van der Waals surface area contributed by atoms with Crippen LogP contribution in [0.2, 0.25) is 0 Å². The third kappa shape index (κ3) is 3.38. The topological polar surface area (TPSA) is 54.3 Å². The first-order chi connectivity index (χ1) is 15.0. The Morgan fingerprint density at radius 2 is 1.97 bits per heavy atom. The highest BCUT2D eigenvalue weighted by molar-refractivity contribution is 6.10. The third-order valence-electron chi connectivity index (χ3n) is 7.43. The van der Waals surface area contributed by atoms with Gasteiger partial charge in [0.2, 0.25) is 5.91 Å². The maximum atomic E-state index is 13.5. The van der Waals surface area contributed by atoms with Crippen LogP contribution in [-0.4, -0.2) is 27.8 Å². The smallest absolute Gasteiger partial charge is 0.259 e. The number of anilines is 1. The van der Waals surface area contributed by atoms with E-state index in [1.165, 1.54) is 47.6 Å². The first-order valence-electron chi connectivity index (χ1n) is 11.9. The van der Waals surface area contributed by atoms with Crippen LogP contribution in [0, 0.1) is 11.8 Å². The fourth-order valence-corrected chi connectivity index (χ4v) is 5.85. The lowest BCUT2D eigenvalue weighted by Gasteiger charge is -2.31. The van der Waals surface area contributed by atoms with E-state index in [4.69, 9.17) is 0 Å². The minimum atomic E-state index is -0.171. The third-order valence-corrected chi connectivity index (χ3v) is 7.43. The second-order valence-electron chi connectivity index (χ2n) is 9.96. The number of aromatic nitrogens is 1. The molecule has 1 aromatic carbocycles. The Kier molecular flexibility index (Phi) is 5.15. The Hall–Kier alpha value is -2.56. The van der Waals surface area contributed by atoms with Gasteiger partial charge >= 0.3 is 0 Å². The van der Waals surface area contributed by atoms with Gasteiger partial charge in [-0.05, 0) is 48.8 Å². The monoisotopic (exact) mass is 419 g/mol. The summed E-state index contributed by atoms with van der Waals surface area (Å²) in [6.45, 7) is 7.36. The molecule has 3 heterocycles. The van der Waals surface area contributed by atoms with E-state index in [1.807, 2.05) is 0 Å². The zero-order chi connectivity index (χ0) is 21.7. The average Bonchev–Trinajstić information content (AvgIpc) is 3.23. The quantitative estimate of drug-likeness (QED) is 0.720. The average molecular weight is 420 g/mol. The standard InChI is InChI=1S/C26H33N3O2/c1-16(2)12-13-28-14-19-23(18-8-5-4-6-9-18)25-21(15-29(17(3)30)26(25)31)27-20-10-7-11-22(28)24(19)20/h7,10-11,14,16,18,23,27H,4-6,8-9,12-13,15H2,1-3H3/t23-/m0/s1. The van der Waals surface area contributed by atoms with Crippen molar-refractivity contribution in [3.8, 4) is 0 Å². The molecule has 0 saturated heterocycles. The Morgan fingerprint density at radius 3 is 2.68 bits per heavy atom. The van der Waals surface area contributed by atoms with Crippen LogP contribution in [0.3, 0.4) is 0 Å². The molecule has 31 heavy (non-hydrogen) atoms. The molecule has 1 aromatic heterocycles. The van der Waals surface area contributed by atoms with E-state index in [0.29, 0.717) is 18.4 Å². The van der Waals surface area contributed by atoms with Gasteiger partial charge in [-0.3, -0.25) is 14.5 Å². The molecule has 1 aliphatic carbocycles. The summed E-state index contributed by atoms with van der Waals surface area (Å²) >= 11 is 0. The Labute approximate surface area is 184 Å². The summed E-state index contributed by atoms with van der Waals surface area (Å²) in [4.78, 5) is 27.1. The lowest BCUT2D eigenvalue weighted by Crippen LogP contribution is -2.34. The fraction of sp³-hybridized carbons (Fsp3) is 0.538. The highest BCUT2D eigenvalue weighted by Crippen LogP contribution is 2.49. The number of carbonyl (C=O) groups is 2. The summed E-state index contributed by atoms with van der Waals surface area (Å²) in [6, 6.07) is 6.43. The minimum absolute atomic E-state index is 0.0612. The van der Waals surface area contributed by atoms with Gasteiger partial charge in [-0.1, -0.05) is 39.2 Å². The fourth-order valence-electron chi connectivity index (χ4n) is 5.85. The first-order valence-corrected chi connectivity index (χ1v) is 11.9. The molecule has 0 unspecified atom stereocenters. The molecule has 5 rings (SSSR count). The molecule has 0 bridgehead atoms. The Balaban J connectivity index is 1.68. The minimum Gasteiger partial charge on any atom is -0.356 e. The molecule has 3 aliphatic rings. The van der Waals surface area contributed by atoms with Crippen LogP contribution in [0.4, 0.5) is 5.69 Å². The summed E-state index contributed by atoms with van der Waals surface area (Å²) in [5.41, 5.74) is 5.35. The number of nitrogens with one attached hydrogen (secondary N) is 1. The van der Waals surface area contributed by atoms with Crippen molar-refractivity contribution < 1.29 is 9.59 Å². The van der Waals surface area contributed by atoms with Gasteiger partial charge in [-0.15, -0.1) is 0 Å². The van der Waals surface area contributed by atoms with Crippen molar-refractivity contribution in [2.75, 3.05) is 11.9 Å². The zero-order valence-electron chi connectivity index (χ0n) is 18.9. The van der Waals surface area contributed by atoms with Crippen LogP contribution in [0.15, 0.2) is 35.7 Å². The number of hydrogen-bond donors (Lipinski definition) is 1. The van der Waals surface area contributed by atoms with Crippen molar-refractivity contribution in [1.82, 2.24) is 9.47 Å². The number of benzene rings is 1. The molecule has 1 N–H and O–H groups in total. The molecule has 0 spiro atoms. The van der Waals surface area contributed by atoms with Crippen molar-refractivity contribution in [3.63, 3.8) is 0 Å². The Bertz CT molecular complexity index is 1070. The van der Waals surface area contributed by atoms with Gasteiger partial charge in [0.25, 0.3) is 5.91 Å². The molecule has 2 aliphatic heterocycles. The van der Waals surface area contributed by atoms with Crippen LogP contribution in [0.1, 0.15) is 70.8 Å². The molecule has 1 saturated carbocycles. The van der Waals surface area contributed by atoms with E-state index >= 15 is 0 Å². The molecule has 2 aromatic rings. The molecule has 1 atom stereocenters.